The molecule has 1 aliphatic rings. The summed E-state index contributed by atoms with van der Waals surface area (Å²) >= 11 is 0. The predicted molar refractivity (Wildman–Crippen MR) is 104 cm³/mol. The van der Waals surface area contributed by atoms with Gasteiger partial charge in [-0.15, -0.1) is 0 Å². The number of rotatable bonds is 7. The summed E-state index contributed by atoms with van der Waals surface area (Å²) in [6, 6.07) is 17.6. The monoisotopic (exact) mass is 351 g/mol. The van der Waals surface area contributed by atoms with Crippen LogP contribution in [0.5, 0.6) is 0 Å². The summed E-state index contributed by atoms with van der Waals surface area (Å²) in [6.45, 7) is 0. The van der Waals surface area contributed by atoms with E-state index in [1.54, 1.807) is 0 Å². The van der Waals surface area contributed by atoms with Crippen molar-refractivity contribution in [2.75, 3.05) is 10.6 Å². The van der Waals surface area contributed by atoms with Crippen LogP contribution in [0.2, 0.25) is 0 Å². The first-order valence-corrected chi connectivity index (χ1v) is 9.21. The van der Waals surface area contributed by atoms with E-state index in [-0.39, 0.29) is 24.7 Å². The lowest BCUT2D eigenvalue weighted by molar-refractivity contribution is -0.124. The van der Waals surface area contributed by atoms with Crippen molar-refractivity contribution in [2.24, 2.45) is 0 Å². The Morgan fingerprint density at radius 2 is 1.42 bits per heavy atom. The van der Waals surface area contributed by atoms with E-state index in [1.165, 1.54) is 12.8 Å². The van der Waals surface area contributed by atoms with Gasteiger partial charge >= 0.3 is 0 Å². The van der Waals surface area contributed by atoms with Gasteiger partial charge in [-0.2, -0.15) is 0 Å². The molecule has 0 aromatic heterocycles. The average Bonchev–Trinajstić information content (AvgIpc) is 3.15. The van der Waals surface area contributed by atoms with Crippen molar-refractivity contribution in [2.45, 2.75) is 44.6 Å². The Hall–Kier alpha value is -2.82. The lowest BCUT2D eigenvalue weighted by atomic mass is 10.2. The molecule has 0 aliphatic heterocycles. The van der Waals surface area contributed by atoms with E-state index < -0.39 is 0 Å². The number of nitrogens with one attached hydrogen (secondary N) is 3. The molecular formula is C21H25N3O2. The summed E-state index contributed by atoms with van der Waals surface area (Å²) < 4.78 is 0. The second kappa shape index (κ2) is 9.04. The normalized spacial score (nSPS) is 14.0. The molecule has 136 valence electrons. The van der Waals surface area contributed by atoms with Gasteiger partial charge in [0, 0.05) is 24.6 Å². The van der Waals surface area contributed by atoms with E-state index in [2.05, 4.69) is 16.0 Å². The molecule has 5 heteroatoms. The molecule has 0 radical (unpaired) electrons. The first-order chi connectivity index (χ1) is 12.7. The van der Waals surface area contributed by atoms with Crippen LogP contribution in [-0.2, 0) is 9.59 Å². The van der Waals surface area contributed by atoms with E-state index in [1.807, 2.05) is 54.6 Å². The summed E-state index contributed by atoms with van der Waals surface area (Å²) in [4.78, 5) is 24.2. The van der Waals surface area contributed by atoms with Gasteiger partial charge in [-0.1, -0.05) is 43.2 Å². The van der Waals surface area contributed by atoms with Gasteiger partial charge in [0.1, 0.15) is 0 Å². The molecule has 0 unspecified atom stereocenters. The maximum atomic E-state index is 12.2. The van der Waals surface area contributed by atoms with Crippen molar-refractivity contribution in [3.05, 3.63) is 54.6 Å². The molecule has 2 aromatic carbocycles. The number of hydrogen-bond acceptors (Lipinski definition) is 3. The molecule has 1 saturated carbocycles. The van der Waals surface area contributed by atoms with Crippen molar-refractivity contribution in [1.29, 1.82) is 0 Å². The number of anilines is 3. The molecule has 0 saturated heterocycles. The molecular weight excluding hydrogens is 326 g/mol. The highest BCUT2D eigenvalue weighted by atomic mass is 16.2. The van der Waals surface area contributed by atoms with Crippen molar-refractivity contribution < 1.29 is 9.59 Å². The number of benzene rings is 2. The molecule has 1 fully saturated rings. The summed E-state index contributed by atoms with van der Waals surface area (Å²) in [6.07, 6.45) is 4.86. The van der Waals surface area contributed by atoms with Gasteiger partial charge in [-0.25, -0.2) is 0 Å². The highest BCUT2D eigenvalue weighted by Crippen LogP contribution is 2.25. The minimum absolute atomic E-state index is 0.0391. The van der Waals surface area contributed by atoms with Gasteiger partial charge in [0.05, 0.1) is 11.4 Å². The van der Waals surface area contributed by atoms with Gasteiger partial charge in [-0.3, -0.25) is 9.59 Å². The number of carbonyl (C=O) groups excluding carboxylic acids is 2. The predicted octanol–water partition coefficient (Wildman–Crippen LogP) is 4.21. The number of para-hydroxylation sites is 3. The Morgan fingerprint density at radius 1 is 0.808 bits per heavy atom. The zero-order valence-corrected chi connectivity index (χ0v) is 14.8. The fourth-order valence-electron chi connectivity index (χ4n) is 3.19. The largest absolute Gasteiger partial charge is 0.354 e. The summed E-state index contributed by atoms with van der Waals surface area (Å²) in [5.74, 6) is -0.198. The van der Waals surface area contributed by atoms with Crippen LogP contribution >= 0.6 is 0 Å². The van der Waals surface area contributed by atoms with Crippen LogP contribution in [0.3, 0.4) is 0 Å². The van der Waals surface area contributed by atoms with E-state index in [0.717, 1.165) is 24.2 Å². The van der Waals surface area contributed by atoms with Crippen LogP contribution < -0.4 is 16.0 Å². The van der Waals surface area contributed by atoms with Gasteiger partial charge in [0.15, 0.2) is 0 Å². The molecule has 1 aliphatic carbocycles. The Bertz CT molecular complexity index is 740. The fraction of sp³-hybridized carbons (Fsp3) is 0.333. The smallest absolute Gasteiger partial charge is 0.224 e. The van der Waals surface area contributed by atoms with Crippen molar-refractivity contribution in [1.82, 2.24) is 5.32 Å². The standard InChI is InChI=1S/C21H25N3O2/c25-20(23-17-10-4-5-11-17)14-15-21(26)24-19-13-7-6-12-18(19)22-16-8-2-1-3-9-16/h1-3,6-9,12-13,17,22H,4-5,10-11,14-15H2,(H,23,25)(H,24,26). The minimum atomic E-state index is -0.158. The molecule has 5 nitrogen and oxygen atoms in total. The van der Waals surface area contributed by atoms with Crippen LogP contribution in [-0.4, -0.2) is 17.9 Å². The van der Waals surface area contributed by atoms with Gasteiger partial charge in [-0.05, 0) is 37.1 Å². The number of hydrogen-bond donors (Lipinski definition) is 3. The van der Waals surface area contributed by atoms with Crippen LogP contribution in [0.4, 0.5) is 17.1 Å². The zero-order chi connectivity index (χ0) is 18.2. The third-order valence-corrected chi connectivity index (χ3v) is 4.55. The molecule has 0 bridgehead atoms. The lowest BCUT2D eigenvalue weighted by Gasteiger charge is -2.14. The Kier molecular flexibility index (Phi) is 6.25. The van der Waals surface area contributed by atoms with Crippen LogP contribution in [0.25, 0.3) is 0 Å². The summed E-state index contributed by atoms with van der Waals surface area (Å²) in [5, 5.41) is 9.21. The van der Waals surface area contributed by atoms with E-state index in [4.69, 9.17) is 0 Å². The van der Waals surface area contributed by atoms with Crippen LogP contribution in [0.15, 0.2) is 54.6 Å². The molecule has 3 N–H and O–H groups in total. The molecule has 0 spiro atoms. The first-order valence-electron chi connectivity index (χ1n) is 9.21. The van der Waals surface area contributed by atoms with Crippen molar-refractivity contribution in [3.8, 4) is 0 Å². The van der Waals surface area contributed by atoms with Crippen LogP contribution in [0.1, 0.15) is 38.5 Å². The average molecular weight is 351 g/mol. The maximum Gasteiger partial charge on any atom is 0.224 e. The summed E-state index contributed by atoms with van der Waals surface area (Å²) in [5.41, 5.74) is 2.48. The molecule has 2 aromatic rings. The molecule has 3 rings (SSSR count). The zero-order valence-electron chi connectivity index (χ0n) is 14.8. The van der Waals surface area contributed by atoms with E-state index in [0.29, 0.717) is 11.7 Å². The van der Waals surface area contributed by atoms with Crippen LogP contribution in [0, 0.1) is 0 Å². The second-order valence-corrected chi connectivity index (χ2v) is 6.63. The molecule has 2 amide bonds. The van der Waals surface area contributed by atoms with Crippen molar-refractivity contribution in [3.63, 3.8) is 0 Å². The second-order valence-electron chi connectivity index (χ2n) is 6.63. The highest BCUT2D eigenvalue weighted by Gasteiger charge is 2.17. The lowest BCUT2D eigenvalue weighted by Crippen LogP contribution is -2.33. The Labute approximate surface area is 154 Å². The fourth-order valence-corrected chi connectivity index (χ4v) is 3.19. The molecule has 0 heterocycles. The third kappa shape index (κ3) is 5.34. The Morgan fingerprint density at radius 3 is 2.15 bits per heavy atom. The molecule has 0 atom stereocenters. The van der Waals surface area contributed by atoms with E-state index >= 15 is 0 Å². The Balaban J connectivity index is 1.51. The maximum absolute atomic E-state index is 12.2. The topological polar surface area (TPSA) is 70.2 Å². The van der Waals surface area contributed by atoms with E-state index in [9.17, 15) is 9.59 Å². The highest BCUT2D eigenvalue weighted by molar-refractivity contribution is 5.96. The quantitative estimate of drug-likeness (QED) is 0.700. The number of amides is 2. The third-order valence-electron chi connectivity index (χ3n) is 4.55. The first kappa shape index (κ1) is 18.0. The van der Waals surface area contributed by atoms with Gasteiger partial charge in [0.2, 0.25) is 11.8 Å². The minimum Gasteiger partial charge on any atom is -0.354 e. The van der Waals surface area contributed by atoms with Gasteiger partial charge in [0.25, 0.3) is 0 Å². The molecule has 26 heavy (non-hydrogen) atoms. The SMILES string of the molecule is O=C(CCC(=O)NC1CCCC1)Nc1ccccc1Nc1ccccc1. The van der Waals surface area contributed by atoms with Crippen molar-refractivity contribution >= 4 is 28.9 Å². The number of carbonyl (C=O) groups is 2. The van der Waals surface area contributed by atoms with Gasteiger partial charge < -0.3 is 16.0 Å². The summed E-state index contributed by atoms with van der Waals surface area (Å²) in [7, 11) is 0.